The molecule has 7 nitrogen and oxygen atoms in total. The summed E-state index contributed by atoms with van der Waals surface area (Å²) in [5.74, 6) is 0.558. The number of aromatic nitrogens is 3. The second kappa shape index (κ2) is 5.29. The molecule has 0 unspecified atom stereocenters. The molecule has 1 saturated carbocycles. The van der Waals surface area contributed by atoms with Gasteiger partial charge in [-0.15, -0.1) is 0 Å². The second-order valence-corrected chi connectivity index (χ2v) is 7.59. The van der Waals surface area contributed by atoms with Gasteiger partial charge in [0.15, 0.2) is 0 Å². The van der Waals surface area contributed by atoms with E-state index in [1.165, 1.54) is 0 Å². The van der Waals surface area contributed by atoms with E-state index in [0.29, 0.717) is 19.1 Å². The van der Waals surface area contributed by atoms with Gasteiger partial charge in [-0.3, -0.25) is 9.78 Å². The fourth-order valence-electron chi connectivity index (χ4n) is 3.95. The highest BCUT2D eigenvalue weighted by Crippen LogP contribution is 2.50. The van der Waals surface area contributed by atoms with Crippen molar-refractivity contribution in [2.75, 3.05) is 19.8 Å². The van der Waals surface area contributed by atoms with Crippen LogP contribution < -0.4 is 10.1 Å². The molecule has 2 N–H and O–H groups in total. The molecule has 0 bridgehead atoms. The summed E-state index contributed by atoms with van der Waals surface area (Å²) >= 11 is 0. The highest BCUT2D eigenvalue weighted by Gasteiger charge is 2.50. The van der Waals surface area contributed by atoms with Crippen LogP contribution in [0.5, 0.6) is 5.88 Å². The zero-order valence-corrected chi connectivity index (χ0v) is 14.6. The first kappa shape index (κ1) is 15.2. The number of aromatic amines is 1. The molecule has 136 valence electrons. The Balaban J connectivity index is 1.47. The van der Waals surface area contributed by atoms with E-state index in [9.17, 15) is 4.79 Å². The van der Waals surface area contributed by atoms with Crippen LogP contribution in [0.25, 0.3) is 22.3 Å². The van der Waals surface area contributed by atoms with Crippen molar-refractivity contribution in [3.63, 3.8) is 0 Å². The molecule has 3 aliphatic rings. The van der Waals surface area contributed by atoms with E-state index in [2.05, 4.69) is 20.3 Å². The van der Waals surface area contributed by atoms with Gasteiger partial charge in [0.1, 0.15) is 11.6 Å². The van der Waals surface area contributed by atoms with Gasteiger partial charge in [0.25, 0.3) is 5.91 Å². The van der Waals surface area contributed by atoms with E-state index in [1.54, 1.807) is 6.20 Å². The summed E-state index contributed by atoms with van der Waals surface area (Å²) in [5, 5.41) is 3.02. The highest BCUT2D eigenvalue weighted by atomic mass is 16.6. The van der Waals surface area contributed by atoms with Crippen LogP contribution in [0.4, 0.5) is 0 Å². The number of rotatable bonds is 3. The van der Waals surface area contributed by atoms with Gasteiger partial charge in [0, 0.05) is 41.2 Å². The van der Waals surface area contributed by atoms with Crippen LogP contribution in [0, 0.1) is 0 Å². The smallest absolute Gasteiger partial charge is 0.253 e. The van der Waals surface area contributed by atoms with Crippen molar-refractivity contribution in [1.82, 2.24) is 20.3 Å². The van der Waals surface area contributed by atoms with E-state index in [4.69, 9.17) is 9.47 Å². The SMILES string of the molecule is O=C1NCC2(CC2)c2[nH]c(-c3ccnc4ccc(OC5COC5)nc34)cc21. The number of amides is 1. The number of ether oxygens (including phenoxy) is 2. The molecule has 1 amide bonds. The summed E-state index contributed by atoms with van der Waals surface area (Å²) in [5.41, 5.74) is 5.28. The summed E-state index contributed by atoms with van der Waals surface area (Å²) in [6.45, 7) is 1.91. The van der Waals surface area contributed by atoms with Gasteiger partial charge >= 0.3 is 0 Å². The van der Waals surface area contributed by atoms with Gasteiger partial charge in [-0.1, -0.05) is 0 Å². The Bertz CT molecular complexity index is 1080. The first-order valence-corrected chi connectivity index (χ1v) is 9.24. The number of carbonyl (C=O) groups excluding carboxylic acids is 1. The molecule has 1 saturated heterocycles. The van der Waals surface area contributed by atoms with E-state index in [-0.39, 0.29) is 17.4 Å². The van der Waals surface area contributed by atoms with Gasteiger partial charge in [-0.05, 0) is 31.0 Å². The Morgan fingerprint density at radius 2 is 2.07 bits per heavy atom. The standard InChI is InChI=1S/C20H18N4O3/c25-19-13-7-15(23-18(13)20(4-5-20)10-22-19)12-3-6-21-14-1-2-16(24-17(12)14)27-11-8-26-9-11/h1-3,6-7,11,23H,4-5,8-10H2,(H,22,25). The third-order valence-corrected chi connectivity index (χ3v) is 5.78. The average Bonchev–Trinajstić information content (AvgIpc) is 3.29. The molecule has 1 aliphatic carbocycles. The summed E-state index contributed by atoms with van der Waals surface area (Å²) in [4.78, 5) is 25.0. The van der Waals surface area contributed by atoms with Crippen molar-refractivity contribution >= 4 is 16.9 Å². The van der Waals surface area contributed by atoms with Crippen LogP contribution >= 0.6 is 0 Å². The van der Waals surface area contributed by atoms with Crippen LogP contribution in [0.15, 0.2) is 30.5 Å². The summed E-state index contributed by atoms with van der Waals surface area (Å²) in [7, 11) is 0. The predicted octanol–water partition coefficient (Wildman–Crippen LogP) is 2.18. The third-order valence-electron chi connectivity index (χ3n) is 5.78. The lowest BCUT2D eigenvalue weighted by molar-refractivity contribution is -0.0812. The number of hydrogen-bond acceptors (Lipinski definition) is 5. The Hall–Kier alpha value is -2.93. The predicted molar refractivity (Wildman–Crippen MR) is 97.8 cm³/mol. The first-order valence-electron chi connectivity index (χ1n) is 9.24. The Labute approximate surface area is 155 Å². The van der Waals surface area contributed by atoms with Crippen molar-refractivity contribution in [3.8, 4) is 17.1 Å². The van der Waals surface area contributed by atoms with Crippen LogP contribution in [-0.4, -0.2) is 46.7 Å². The molecule has 2 fully saturated rings. The molecule has 27 heavy (non-hydrogen) atoms. The number of carbonyl (C=O) groups is 1. The Morgan fingerprint density at radius 1 is 1.19 bits per heavy atom. The summed E-state index contributed by atoms with van der Waals surface area (Å²) in [6.07, 6.45) is 4.05. The number of hydrogen-bond donors (Lipinski definition) is 2. The van der Waals surface area contributed by atoms with Crippen molar-refractivity contribution in [2.45, 2.75) is 24.4 Å². The van der Waals surface area contributed by atoms with Crippen molar-refractivity contribution in [3.05, 3.63) is 41.7 Å². The van der Waals surface area contributed by atoms with Crippen molar-refractivity contribution in [2.24, 2.45) is 0 Å². The van der Waals surface area contributed by atoms with Crippen molar-refractivity contribution in [1.29, 1.82) is 0 Å². The lowest BCUT2D eigenvalue weighted by Gasteiger charge is -2.26. The van der Waals surface area contributed by atoms with Crippen LogP contribution in [0.2, 0.25) is 0 Å². The molecule has 5 heterocycles. The molecule has 0 aromatic carbocycles. The van der Waals surface area contributed by atoms with E-state index >= 15 is 0 Å². The van der Waals surface area contributed by atoms with Gasteiger partial charge in [-0.2, -0.15) is 0 Å². The monoisotopic (exact) mass is 362 g/mol. The number of H-pyrrole nitrogens is 1. The Morgan fingerprint density at radius 3 is 2.85 bits per heavy atom. The van der Waals surface area contributed by atoms with Gasteiger partial charge in [-0.25, -0.2) is 4.98 Å². The third kappa shape index (κ3) is 2.28. The number of pyridine rings is 2. The average molecular weight is 362 g/mol. The maximum atomic E-state index is 12.3. The molecule has 1 spiro atoms. The molecular weight excluding hydrogens is 344 g/mol. The number of nitrogens with zero attached hydrogens (tertiary/aromatic N) is 2. The fourth-order valence-corrected chi connectivity index (χ4v) is 3.95. The molecule has 3 aromatic heterocycles. The normalized spacial score (nSPS) is 20.2. The number of nitrogens with one attached hydrogen (secondary N) is 2. The number of fused-ring (bicyclic) bond motifs is 3. The summed E-state index contributed by atoms with van der Waals surface area (Å²) < 4.78 is 11.0. The van der Waals surface area contributed by atoms with Crippen molar-refractivity contribution < 1.29 is 14.3 Å². The lowest BCUT2D eigenvalue weighted by Crippen LogP contribution is -2.38. The largest absolute Gasteiger partial charge is 0.469 e. The fraction of sp³-hybridized carbons (Fsp3) is 0.350. The van der Waals surface area contributed by atoms with E-state index < -0.39 is 0 Å². The molecule has 7 heteroatoms. The molecule has 6 rings (SSSR count). The van der Waals surface area contributed by atoms with Gasteiger partial charge in [0.2, 0.25) is 5.88 Å². The maximum absolute atomic E-state index is 12.3. The highest BCUT2D eigenvalue weighted by molar-refractivity contribution is 6.00. The molecule has 3 aromatic rings. The van der Waals surface area contributed by atoms with Crippen LogP contribution in [0.1, 0.15) is 28.9 Å². The minimum absolute atomic E-state index is 0.00893. The quantitative estimate of drug-likeness (QED) is 0.745. The lowest BCUT2D eigenvalue weighted by atomic mass is 9.95. The first-order chi connectivity index (χ1) is 13.2. The topological polar surface area (TPSA) is 89.1 Å². The zero-order valence-electron chi connectivity index (χ0n) is 14.6. The van der Waals surface area contributed by atoms with Crippen LogP contribution in [0.3, 0.4) is 0 Å². The van der Waals surface area contributed by atoms with Crippen LogP contribution in [-0.2, 0) is 10.2 Å². The van der Waals surface area contributed by atoms with Gasteiger partial charge in [0.05, 0.1) is 24.3 Å². The molecule has 0 atom stereocenters. The maximum Gasteiger partial charge on any atom is 0.253 e. The Kier molecular flexibility index (Phi) is 2.97. The minimum Gasteiger partial charge on any atom is -0.469 e. The molecular formula is C20H18N4O3. The molecule has 0 radical (unpaired) electrons. The van der Waals surface area contributed by atoms with Gasteiger partial charge < -0.3 is 19.8 Å². The van der Waals surface area contributed by atoms with E-state index in [0.717, 1.165) is 52.9 Å². The minimum atomic E-state index is -0.00893. The molecule has 2 aliphatic heterocycles. The van der Waals surface area contributed by atoms with E-state index in [1.807, 2.05) is 24.3 Å². The summed E-state index contributed by atoms with van der Waals surface area (Å²) in [6, 6.07) is 7.62. The second-order valence-electron chi connectivity index (χ2n) is 7.59. The zero-order chi connectivity index (χ0) is 18.0.